The zero-order valence-electron chi connectivity index (χ0n) is 25.0. The molecule has 1 aromatic carbocycles. The van der Waals surface area contributed by atoms with E-state index in [1.54, 1.807) is 6.92 Å². The molecule has 0 amide bonds. The Hall–Kier alpha value is -2.77. The minimum Gasteiger partial charge on any atom is -0.458 e. The largest absolute Gasteiger partial charge is 0.458 e. The van der Waals surface area contributed by atoms with Gasteiger partial charge in [0.2, 0.25) is 0 Å². The number of ether oxygens (including phenoxy) is 2. The summed E-state index contributed by atoms with van der Waals surface area (Å²) in [6.45, 7) is 13.7. The van der Waals surface area contributed by atoms with Crippen LogP contribution in [0.25, 0.3) is 0 Å². The number of fused-ring (bicyclic) bond motifs is 3. The summed E-state index contributed by atoms with van der Waals surface area (Å²) >= 11 is 0. The molecule has 2 saturated carbocycles. The fourth-order valence-corrected chi connectivity index (χ4v) is 7.53. The maximum Gasteiger partial charge on any atom is 0.308 e. The smallest absolute Gasteiger partial charge is 0.308 e. The molecular formula is C33H45NO6. The van der Waals surface area contributed by atoms with Crippen molar-refractivity contribution in [3.63, 3.8) is 0 Å². The number of esters is 2. The standard InChI is InChI=1S/C33H45NO6/c1-19-24-16-23-17-26(36)20(2)29(32(23,4)5)30(39-21(3)35)31(38)33(24,6)15-14-27(19)40-28(37)18-25(34(7)8)22-12-10-9-11-13-22/h9-13,23-25,27,30-31,38H,1,14-18H2,2-8H3/t23-,24-,25?,27+,30-,31+,33-/m1/s1. The van der Waals surface area contributed by atoms with Gasteiger partial charge in [0.05, 0.1) is 6.42 Å². The molecule has 4 rings (SSSR count). The SMILES string of the molecule is C=C1[C@@H](OC(=O)CC(c2ccccc2)N(C)C)CC[C@]2(C)[C@@H]1C[C@@H]1CC(=O)C(C)=C([C@@H](OC(C)=O)[C@@H]2O)C1(C)C. The highest BCUT2D eigenvalue weighted by molar-refractivity contribution is 5.97. The Morgan fingerprint density at radius 1 is 1.15 bits per heavy atom. The molecule has 7 atom stereocenters. The van der Waals surface area contributed by atoms with Crippen molar-refractivity contribution in [3.05, 3.63) is 59.2 Å². The summed E-state index contributed by atoms with van der Waals surface area (Å²) in [5, 5.41) is 11.9. The van der Waals surface area contributed by atoms with Gasteiger partial charge in [0, 0.05) is 24.8 Å². The van der Waals surface area contributed by atoms with Crippen LogP contribution in [0, 0.1) is 22.7 Å². The Morgan fingerprint density at radius 3 is 2.40 bits per heavy atom. The van der Waals surface area contributed by atoms with E-state index in [4.69, 9.17) is 9.47 Å². The Bertz CT molecular complexity index is 1200. The molecule has 3 aliphatic rings. The van der Waals surface area contributed by atoms with E-state index >= 15 is 0 Å². The van der Waals surface area contributed by atoms with E-state index < -0.39 is 35.1 Å². The molecule has 0 radical (unpaired) electrons. The van der Waals surface area contributed by atoms with Gasteiger partial charge in [0.1, 0.15) is 12.2 Å². The lowest BCUT2D eigenvalue weighted by atomic mass is 9.50. The number of hydrogen-bond acceptors (Lipinski definition) is 7. The zero-order valence-corrected chi connectivity index (χ0v) is 25.0. The van der Waals surface area contributed by atoms with Crippen LogP contribution in [-0.2, 0) is 23.9 Å². The summed E-state index contributed by atoms with van der Waals surface area (Å²) in [4.78, 5) is 40.6. The quantitative estimate of drug-likeness (QED) is 0.384. The molecule has 2 bridgehead atoms. The molecule has 7 nitrogen and oxygen atoms in total. The van der Waals surface area contributed by atoms with Crippen LogP contribution in [0.15, 0.2) is 53.6 Å². The van der Waals surface area contributed by atoms with E-state index in [0.717, 1.165) is 16.7 Å². The lowest BCUT2D eigenvalue weighted by Crippen LogP contribution is -2.58. The van der Waals surface area contributed by atoms with Gasteiger partial charge in [0.15, 0.2) is 11.9 Å². The molecule has 0 saturated heterocycles. The average molecular weight is 552 g/mol. The second-order valence-corrected chi connectivity index (χ2v) is 13.0. The first-order chi connectivity index (χ1) is 18.7. The van der Waals surface area contributed by atoms with Gasteiger partial charge in [0.25, 0.3) is 0 Å². The minimum absolute atomic E-state index is 0.0207. The zero-order chi connectivity index (χ0) is 29.6. The number of rotatable bonds is 6. The first kappa shape index (κ1) is 30.2. The second kappa shape index (κ2) is 11.2. The van der Waals surface area contributed by atoms with E-state index in [9.17, 15) is 19.5 Å². The van der Waals surface area contributed by atoms with Crippen LogP contribution in [0.4, 0.5) is 0 Å². The normalized spacial score (nSPS) is 32.6. The third-order valence-corrected chi connectivity index (χ3v) is 10.1. The predicted molar refractivity (Wildman–Crippen MR) is 153 cm³/mol. The van der Waals surface area contributed by atoms with E-state index in [-0.39, 0.29) is 36.1 Å². The first-order valence-electron chi connectivity index (χ1n) is 14.4. The highest BCUT2D eigenvalue weighted by Crippen LogP contribution is 2.59. The molecule has 7 heteroatoms. The molecule has 40 heavy (non-hydrogen) atoms. The summed E-state index contributed by atoms with van der Waals surface area (Å²) in [5.41, 5.74) is 1.98. The monoisotopic (exact) mass is 551 g/mol. The van der Waals surface area contributed by atoms with Crippen LogP contribution in [0.5, 0.6) is 0 Å². The van der Waals surface area contributed by atoms with Crippen LogP contribution in [-0.4, -0.2) is 60.1 Å². The molecule has 1 N–H and O–H groups in total. The van der Waals surface area contributed by atoms with E-state index in [0.29, 0.717) is 31.3 Å². The Balaban J connectivity index is 1.63. The van der Waals surface area contributed by atoms with Crippen molar-refractivity contribution < 1.29 is 29.0 Å². The van der Waals surface area contributed by atoms with Gasteiger partial charge in [-0.15, -0.1) is 0 Å². The molecular weight excluding hydrogens is 506 g/mol. The lowest BCUT2D eigenvalue weighted by molar-refractivity contribution is -0.168. The van der Waals surface area contributed by atoms with E-state index in [1.807, 2.05) is 56.3 Å². The highest BCUT2D eigenvalue weighted by atomic mass is 16.6. The Kier molecular flexibility index (Phi) is 8.49. The van der Waals surface area contributed by atoms with Crippen molar-refractivity contribution in [2.45, 2.75) is 91.1 Å². The summed E-state index contributed by atoms with van der Waals surface area (Å²) in [6, 6.07) is 9.78. The molecule has 2 fully saturated rings. The van der Waals surface area contributed by atoms with Crippen molar-refractivity contribution in [2.24, 2.45) is 22.7 Å². The summed E-state index contributed by atoms with van der Waals surface area (Å²) in [7, 11) is 3.89. The molecule has 0 heterocycles. The van der Waals surface area contributed by atoms with Crippen molar-refractivity contribution in [3.8, 4) is 0 Å². The van der Waals surface area contributed by atoms with Crippen LogP contribution >= 0.6 is 0 Å². The lowest BCUT2D eigenvalue weighted by Gasteiger charge is -2.56. The maximum absolute atomic E-state index is 13.3. The topological polar surface area (TPSA) is 93.1 Å². The van der Waals surface area contributed by atoms with Gasteiger partial charge in [-0.3, -0.25) is 14.4 Å². The molecule has 0 spiro atoms. The van der Waals surface area contributed by atoms with E-state index in [1.165, 1.54) is 6.92 Å². The van der Waals surface area contributed by atoms with Gasteiger partial charge in [-0.05, 0) is 79.8 Å². The molecule has 0 aromatic heterocycles. The summed E-state index contributed by atoms with van der Waals surface area (Å²) < 4.78 is 11.9. The van der Waals surface area contributed by atoms with Gasteiger partial charge in [-0.1, -0.05) is 57.7 Å². The fourth-order valence-electron chi connectivity index (χ4n) is 7.53. The maximum atomic E-state index is 13.3. The predicted octanol–water partition coefficient (Wildman–Crippen LogP) is 5.19. The minimum atomic E-state index is -1.04. The summed E-state index contributed by atoms with van der Waals surface area (Å²) in [6.07, 6.45) is -0.141. The van der Waals surface area contributed by atoms with Crippen molar-refractivity contribution in [1.82, 2.24) is 4.90 Å². The average Bonchev–Trinajstić information content (AvgIpc) is 2.88. The highest BCUT2D eigenvalue weighted by Gasteiger charge is 2.58. The van der Waals surface area contributed by atoms with E-state index in [2.05, 4.69) is 20.4 Å². The number of allylic oxidation sites excluding steroid dienone is 1. The number of carbonyl (C=O) groups excluding carboxylic acids is 3. The first-order valence-corrected chi connectivity index (χ1v) is 14.4. The molecule has 1 unspecified atom stereocenters. The molecule has 1 aromatic rings. The number of nitrogens with zero attached hydrogens (tertiary/aromatic N) is 1. The third kappa shape index (κ3) is 5.42. The van der Waals surface area contributed by atoms with Gasteiger partial charge < -0.3 is 19.5 Å². The van der Waals surface area contributed by atoms with Gasteiger partial charge in [-0.25, -0.2) is 0 Å². The van der Waals surface area contributed by atoms with Crippen LogP contribution in [0.2, 0.25) is 0 Å². The van der Waals surface area contributed by atoms with Crippen LogP contribution in [0.1, 0.15) is 78.3 Å². The third-order valence-electron chi connectivity index (χ3n) is 10.1. The molecule has 218 valence electrons. The number of Topliss-reactive ketones (excluding diaryl/α,β-unsaturated/α-hetero) is 1. The fraction of sp³-hybridized carbons (Fsp3) is 0.606. The van der Waals surface area contributed by atoms with Crippen LogP contribution in [0.3, 0.4) is 0 Å². The number of carbonyl (C=O) groups is 3. The van der Waals surface area contributed by atoms with Crippen molar-refractivity contribution >= 4 is 17.7 Å². The van der Waals surface area contributed by atoms with Crippen LogP contribution < -0.4 is 0 Å². The summed E-state index contributed by atoms with van der Waals surface area (Å²) in [5.74, 6) is -1.02. The Labute approximate surface area is 238 Å². The number of hydrogen-bond donors (Lipinski definition) is 1. The number of aliphatic hydroxyl groups is 1. The molecule has 0 aliphatic heterocycles. The van der Waals surface area contributed by atoms with Crippen molar-refractivity contribution in [1.29, 1.82) is 0 Å². The van der Waals surface area contributed by atoms with Crippen molar-refractivity contribution in [2.75, 3.05) is 14.1 Å². The second-order valence-electron chi connectivity index (χ2n) is 13.0. The molecule has 3 aliphatic carbocycles. The van der Waals surface area contributed by atoms with Gasteiger partial charge in [-0.2, -0.15) is 0 Å². The number of ketones is 1. The Morgan fingerprint density at radius 2 is 1.80 bits per heavy atom. The number of benzene rings is 1. The number of aliphatic hydroxyl groups excluding tert-OH is 1. The van der Waals surface area contributed by atoms with Gasteiger partial charge >= 0.3 is 11.9 Å².